The quantitative estimate of drug-likeness (QED) is 0.0263. The van der Waals surface area contributed by atoms with Gasteiger partial charge < -0.3 is 14.2 Å². The average Bonchev–Trinajstić information content (AvgIpc) is 3.27. The van der Waals surface area contributed by atoms with E-state index in [4.69, 9.17) is 14.2 Å². The molecule has 1 unspecified atom stereocenters. The molecule has 0 N–H and O–H groups in total. The van der Waals surface area contributed by atoms with E-state index in [9.17, 15) is 14.4 Å². The van der Waals surface area contributed by atoms with Crippen LogP contribution in [0.5, 0.6) is 0 Å². The van der Waals surface area contributed by atoms with E-state index in [2.05, 4.69) is 106 Å². The summed E-state index contributed by atoms with van der Waals surface area (Å²) < 4.78 is 16.6. The summed E-state index contributed by atoms with van der Waals surface area (Å²) >= 11 is 0. The van der Waals surface area contributed by atoms with Crippen LogP contribution in [-0.4, -0.2) is 37.2 Å². The lowest BCUT2D eigenvalue weighted by Crippen LogP contribution is -2.30. The summed E-state index contributed by atoms with van der Waals surface area (Å²) in [5.41, 5.74) is 0. The lowest BCUT2D eigenvalue weighted by atomic mass is 10.1. The van der Waals surface area contributed by atoms with Gasteiger partial charge in [0.15, 0.2) is 6.10 Å². The Morgan fingerprint density at radius 3 is 1.06 bits per heavy atom. The molecule has 0 aromatic rings. The Bertz CT molecular complexity index is 1260. The predicted molar refractivity (Wildman–Crippen MR) is 265 cm³/mol. The number of carbonyl (C=O) groups excluding carboxylic acids is 3. The zero-order valence-electron chi connectivity index (χ0n) is 40.1. The van der Waals surface area contributed by atoms with Gasteiger partial charge in [0.1, 0.15) is 13.2 Å². The van der Waals surface area contributed by atoms with Gasteiger partial charge in [0.2, 0.25) is 0 Å². The zero-order chi connectivity index (χ0) is 45.1. The fourth-order valence-electron chi connectivity index (χ4n) is 6.58. The fraction of sp³-hybridized carbons (Fsp3) is 0.661. The number of carbonyl (C=O) groups is 3. The molecule has 0 aromatic heterocycles. The van der Waals surface area contributed by atoms with Crippen molar-refractivity contribution in [2.45, 2.75) is 226 Å². The Labute approximate surface area is 381 Å². The van der Waals surface area contributed by atoms with E-state index in [-0.39, 0.29) is 31.6 Å². The van der Waals surface area contributed by atoms with E-state index in [1.165, 1.54) is 83.5 Å². The van der Waals surface area contributed by atoms with E-state index in [1.807, 2.05) is 6.08 Å². The number of hydrogen-bond acceptors (Lipinski definition) is 6. The maximum absolute atomic E-state index is 12.7. The molecule has 0 saturated carbocycles. The molecule has 0 saturated heterocycles. The van der Waals surface area contributed by atoms with E-state index < -0.39 is 12.1 Å². The van der Waals surface area contributed by atoms with Gasteiger partial charge in [-0.2, -0.15) is 0 Å². The van der Waals surface area contributed by atoms with Gasteiger partial charge in [-0.1, -0.05) is 214 Å². The highest BCUT2D eigenvalue weighted by Gasteiger charge is 2.19. The van der Waals surface area contributed by atoms with Crippen LogP contribution >= 0.6 is 0 Å². The molecule has 1 atom stereocenters. The molecule has 0 heterocycles. The van der Waals surface area contributed by atoms with Gasteiger partial charge in [-0.25, -0.2) is 0 Å². The molecule has 0 amide bonds. The van der Waals surface area contributed by atoms with Gasteiger partial charge in [0.05, 0.1) is 6.42 Å². The molecule has 0 fully saturated rings. The highest BCUT2D eigenvalue weighted by molar-refractivity contribution is 5.72. The van der Waals surface area contributed by atoms with E-state index in [1.54, 1.807) is 6.08 Å². The SMILES string of the molecule is CC/C=C\C/C=C\C/C=C\C/C=C\C/C=C\CC(=O)OC(COC(=O)CCCCCCCC/C=C\C/C=C\C/C=C\CCCCCCC)COC(=O)CCCCCCCCCC. The minimum absolute atomic E-state index is 0.0925. The van der Waals surface area contributed by atoms with E-state index in [0.29, 0.717) is 12.8 Å². The summed E-state index contributed by atoms with van der Waals surface area (Å²) in [6.45, 7) is 6.37. The number of esters is 3. The summed E-state index contributed by atoms with van der Waals surface area (Å²) in [5.74, 6) is -1.07. The van der Waals surface area contributed by atoms with Crippen LogP contribution in [0.25, 0.3) is 0 Å². The molecule has 0 rings (SSSR count). The molecule has 0 aliphatic carbocycles. The highest BCUT2D eigenvalue weighted by Crippen LogP contribution is 2.13. The van der Waals surface area contributed by atoms with Crippen molar-refractivity contribution in [2.24, 2.45) is 0 Å². The molecule has 0 aliphatic heterocycles. The highest BCUT2D eigenvalue weighted by atomic mass is 16.6. The molecule has 0 bridgehead atoms. The molecule has 6 heteroatoms. The zero-order valence-corrected chi connectivity index (χ0v) is 40.1. The van der Waals surface area contributed by atoms with Crippen molar-refractivity contribution < 1.29 is 28.6 Å². The van der Waals surface area contributed by atoms with Crippen LogP contribution in [0.1, 0.15) is 220 Å². The lowest BCUT2D eigenvalue weighted by molar-refractivity contribution is -0.166. The standard InChI is InChI=1S/C56H92O6/c1-4-7-10-13-16-19-21-23-25-26-27-28-29-30-32-33-35-37-40-43-46-49-55(58)61-52-53(51-60-54(57)48-45-42-39-18-15-12-9-6-3)62-56(59)50-47-44-41-38-36-34-31-24-22-20-17-14-11-8-5-2/h8,11,17,20-21,23-24,26-27,29-31,36,38,44,47,53H,4-7,9-10,12-16,18-19,22,25,28,32-35,37,39-43,45-46,48-52H2,1-3H3/b11-8-,20-17-,23-21-,27-26-,30-29-,31-24-,38-36-,47-44-. The van der Waals surface area contributed by atoms with Crippen LogP contribution in [0.3, 0.4) is 0 Å². The number of unbranched alkanes of at least 4 members (excludes halogenated alkanes) is 18. The molecule has 6 nitrogen and oxygen atoms in total. The first kappa shape index (κ1) is 58.3. The maximum atomic E-state index is 12.7. The number of ether oxygens (including phenoxy) is 3. The molecule has 352 valence electrons. The third-order valence-electron chi connectivity index (χ3n) is 10.4. The van der Waals surface area contributed by atoms with Crippen molar-refractivity contribution in [3.8, 4) is 0 Å². The Hall–Kier alpha value is -3.67. The molecule has 0 radical (unpaired) electrons. The van der Waals surface area contributed by atoms with Gasteiger partial charge >= 0.3 is 17.9 Å². The third kappa shape index (κ3) is 47.4. The minimum atomic E-state index is -0.835. The number of hydrogen-bond donors (Lipinski definition) is 0. The normalized spacial score (nSPS) is 12.9. The summed E-state index contributed by atoms with van der Waals surface area (Å²) in [5, 5.41) is 0. The summed E-state index contributed by atoms with van der Waals surface area (Å²) in [6, 6.07) is 0. The van der Waals surface area contributed by atoms with Crippen molar-refractivity contribution in [1.29, 1.82) is 0 Å². The first-order valence-electron chi connectivity index (χ1n) is 25.2. The van der Waals surface area contributed by atoms with Gasteiger partial charge in [-0.15, -0.1) is 0 Å². The second kappa shape index (κ2) is 50.0. The molecule has 0 aromatic carbocycles. The largest absolute Gasteiger partial charge is 0.462 e. The predicted octanol–water partition coefficient (Wildman–Crippen LogP) is 16.6. The summed E-state index contributed by atoms with van der Waals surface area (Å²) in [4.78, 5) is 37.7. The minimum Gasteiger partial charge on any atom is -0.462 e. The van der Waals surface area contributed by atoms with Crippen LogP contribution in [0.4, 0.5) is 0 Å². The Balaban J connectivity index is 4.42. The third-order valence-corrected chi connectivity index (χ3v) is 10.4. The Morgan fingerprint density at radius 1 is 0.355 bits per heavy atom. The van der Waals surface area contributed by atoms with Gasteiger partial charge in [-0.3, -0.25) is 14.4 Å². The molecular formula is C56H92O6. The summed E-state index contributed by atoms with van der Waals surface area (Å²) in [6.07, 6.45) is 65.7. The van der Waals surface area contributed by atoms with Crippen molar-refractivity contribution in [1.82, 2.24) is 0 Å². The molecule has 0 spiro atoms. The summed E-state index contributed by atoms with van der Waals surface area (Å²) in [7, 11) is 0. The topological polar surface area (TPSA) is 78.9 Å². The lowest BCUT2D eigenvalue weighted by Gasteiger charge is -2.18. The second-order valence-electron chi connectivity index (χ2n) is 16.4. The van der Waals surface area contributed by atoms with Gasteiger partial charge in [0, 0.05) is 12.8 Å². The van der Waals surface area contributed by atoms with Crippen LogP contribution in [0, 0.1) is 0 Å². The van der Waals surface area contributed by atoms with Crippen molar-refractivity contribution in [3.63, 3.8) is 0 Å². The molecule has 0 aliphatic rings. The van der Waals surface area contributed by atoms with Crippen molar-refractivity contribution in [3.05, 3.63) is 97.2 Å². The van der Waals surface area contributed by atoms with Crippen LogP contribution in [0.15, 0.2) is 97.2 Å². The fourth-order valence-corrected chi connectivity index (χ4v) is 6.58. The first-order chi connectivity index (χ1) is 30.5. The monoisotopic (exact) mass is 861 g/mol. The van der Waals surface area contributed by atoms with Crippen molar-refractivity contribution in [2.75, 3.05) is 13.2 Å². The smallest absolute Gasteiger partial charge is 0.310 e. The Kier molecular flexibility index (Phi) is 47.0. The molecule has 62 heavy (non-hydrogen) atoms. The van der Waals surface area contributed by atoms with Crippen molar-refractivity contribution >= 4 is 17.9 Å². The molecular weight excluding hydrogens is 769 g/mol. The van der Waals surface area contributed by atoms with E-state index >= 15 is 0 Å². The van der Waals surface area contributed by atoms with E-state index in [0.717, 1.165) is 96.3 Å². The van der Waals surface area contributed by atoms with Gasteiger partial charge in [-0.05, 0) is 83.5 Å². The maximum Gasteiger partial charge on any atom is 0.310 e. The van der Waals surface area contributed by atoms with Crippen LogP contribution in [0.2, 0.25) is 0 Å². The van der Waals surface area contributed by atoms with Crippen LogP contribution in [-0.2, 0) is 28.6 Å². The number of rotatable bonds is 44. The first-order valence-corrected chi connectivity index (χ1v) is 25.2. The Morgan fingerprint density at radius 2 is 0.677 bits per heavy atom. The van der Waals surface area contributed by atoms with Crippen LogP contribution < -0.4 is 0 Å². The number of allylic oxidation sites excluding steroid dienone is 15. The second-order valence-corrected chi connectivity index (χ2v) is 16.4. The van der Waals surface area contributed by atoms with Gasteiger partial charge in [0.25, 0.3) is 0 Å². The average molecular weight is 861 g/mol.